The van der Waals surface area contributed by atoms with Crippen molar-refractivity contribution in [2.24, 2.45) is 0 Å². The summed E-state index contributed by atoms with van der Waals surface area (Å²) in [5, 5.41) is 0. The van der Waals surface area contributed by atoms with Gasteiger partial charge in [-0.05, 0) is 47.6 Å². The van der Waals surface area contributed by atoms with Crippen molar-refractivity contribution in [3.05, 3.63) is 33.4 Å². The third kappa shape index (κ3) is 3.76. The number of ketones is 1. The Morgan fingerprint density at radius 3 is 2.50 bits per heavy atom. The van der Waals surface area contributed by atoms with Gasteiger partial charge in [0.05, 0.1) is 12.6 Å². The van der Waals surface area contributed by atoms with Crippen molar-refractivity contribution < 1.29 is 9.53 Å². The Bertz CT molecular complexity index is 397. The second-order valence-electron chi connectivity index (χ2n) is 4.64. The highest BCUT2D eigenvalue weighted by molar-refractivity contribution is 14.1. The first kappa shape index (κ1) is 14.0. The van der Waals surface area contributed by atoms with Gasteiger partial charge < -0.3 is 4.74 Å². The topological polar surface area (TPSA) is 29.5 Å². The van der Waals surface area contributed by atoms with Crippen LogP contribution in [0.1, 0.15) is 23.2 Å². The Kier molecular flexibility index (Phi) is 5.14. The van der Waals surface area contributed by atoms with E-state index in [4.69, 9.17) is 4.74 Å². The average Bonchev–Trinajstić information content (AvgIpc) is 2.40. The van der Waals surface area contributed by atoms with Gasteiger partial charge in [-0.1, -0.05) is 12.1 Å². The Morgan fingerprint density at radius 2 is 1.94 bits per heavy atom. The first-order valence-corrected chi connectivity index (χ1v) is 7.31. The van der Waals surface area contributed by atoms with Crippen molar-refractivity contribution in [2.45, 2.75) is 18.9 Å². The van der Waals surface area contributed by atoms with Gasteiger partial charge in [0.25, 0.3) is 0 Å². The number of methoxy groups -OCH3 is 1. The predicted molar refractivity (Wildman–Crippen MR) is 80.0 cm³/mol. The van der Waals surface area contributed by atoms with Gasteiger partial charge in [-0.25, -0.2) is 0 Å². The summed E-state index contributed by atoms with van der Waals surface area (Å²) < 4.78 is 6.49. The molecule has 4 heteroatoms. The number of carbonyl (C=O) groups excluding carboxylic acids is 1. The zero-order chi connectivity index (χ0) is 13.0. The van der Waals surface area contributed by atoms with Gasteiger partial charge in [-0.2, -0.15) is 0 Å². The Balaban J connectivity index is 1.86. The molecule has 1 fully saturated rings. The molecule has 0 spiro atoms. The largest absolute Gasteiger partial charge is 0.381 e. The number of hydrogen-bond acceptors (Lipinski definition) is 3. The summed E-state index contributed by atoms with van der Waals surface area (Å²) in [6.07, 6.45) is 2.42. The molecular formula is C14H18INO2. The van der Waals surface area contributed by atoms with Gasteiger partial charge in [0.2, 0.25) is 0 Å². The standard InChI is InChI=1S/C14H18INO2/c1-18-13-6-8-16(9-7-13)10-14(17)11-2-4-12(15)5-3-11/h2-5,13H,6-10H2,1H3. The molecule has 2 rings (SSSR count). The zero-order valence-corrected chi connectivity index (χ0v) is 12.7. The van der Waals surface area contributed by atoms with Crippen LogP contribution in [0.25, 0.3) is 0 Å². The quantitative estimate of drug-likeness (QED) is 0.612. The Hall–Kier alpha value is -0.460. The monoisotopic (exact) mass is 359 g/mol. The van der Waals surface area contributed by atoms with Crippen molar-refractivity contribution in [1.29, 1.82) is 0 Å². The summed E-state index contributed by atoms with van der Waals surface area (Å²) in [5.41, 5.74) is 0.810. The van der Waals surface area contributed by atoms with Crippen LogP contribution >= 0.6 is 22.6 Å². The number of piperidine rings is 1. The van der Waals surface area contributed by atoms with Gasteiger partial charge in [0.15, 0.2) is 5.78 Å². The van der Waals surface area contributed by atoms with E-state index in [1.807, 2.05) is 24.3 Å². The van der Waals surface area contributed by atoms with E-state index >= 15 is 0 Å². The lowest BCUT2D eigenvalue weighted by atomic mass is 10.1. The number of carbonyl (C=O) groups is 1. The normalized spacial score (nSPS) is 17.9. The minimum Gasteiger partial charge on any atom is -0.381 e. The number of likely N-dealkylation sites (tertiary alicyclic amines) is 1. The van der Waals surface area contributed by atoms with Crippen molar-refractivity contribution >= 4 is 28.4 Å². The molecule has 1 aliphatic heterocycles. The maximum Gasteiger partial charge on any atom is 0.176 e. The van der Waals surface area contributed by atoms with Gasteiger partial charge in [0.1, 0.15) is 0 Å². The zero-order valence-electron chi connectivity index (χ0n) is 10.6. The molecule has 98 valence electrons. The maximum atomic E-state index is 12.1. The molecule has 0 saturated carbocycles. The molecule has 0 amide bonds. The predicted octanol–water partition coefficient (Wildman–Crippen LogP) is 2.58. The van der Waals surface area contributed by atoms with E-state index in [-0.39, 0.29) is 5.78 Å². The van der Waals surface area contributed by atoms with Crippen molar-refractivity contribution in [3.63, 3.8) is 0 Å². The number of hydrogen-bond donors (Lipinski definition) is 0. The summed E-state index contributed by atoms with van der Waals surface area (Å²) in [7, 11) is 1.76. The summed E-state index contributed by atoms with van der Waals surface area (Å²) in [4.78, 5) is 14.3. The van der Waals surface area contributed by atoms with Gasteiger partial charge in [-0.3, -0.25) is 9.69 Å². The molecule has 0 bridgehead atoms. The van der Waals surface area contributed by atoms with Crippen LogP contribution < -0.4 is 0 Å². The lowest BCUT2D eigenvalue weighted by Gasteiger charge is -2.30. The molecule has 18 heavy (non-hydrogen) atoms. The highest BCUT2D eigenvalue weighted by Crippen LogP contribution is 2.14. The van der Waals surface area contributed by atoms with Crippen LogP contribution in [0.3, 0.4) is 0 Å². The highest BCUT2D eigenvalue weighted by atomic mass is 127. The van der Waals surface area contributed by atoms with E-state index in [1.165, 1.54) is 0 Å². The third-order valence-electron chi connectivity index (χ3n) is 3.40. The highest BCUT2D eigenvalue weighted by Gasteiger charge is 2.20. The lowest BCUT2D eigenvalue weighted by Crippen LogP contribution is -2.39. The lowest BCUT2D eigenvalue weighted by molar-refractivity contribution is 0.0401. The molecule has 0 unspecified atom stereocenters. The van der Waals surface area contributed by atoms with Crippen LogP contribution in [-0.2, 0) is 4.74 Å². The van der Waals surface area contributed by atoms with Crippen molar-refractivity contribution in [1.82, 2.24) is 4.90 Å². The SMILES string of the molecule is COC1CCN(CC(=O)c2ccc(I)cc2)CC1. The minimum absolute atomic E-state index is 0.210. The van der Waals surface area contributed by atoms with Crippen molar-refractivity contribution in [2.75, 3.05) is 26.7 Å². The van der Waals surface area contributed by atoms with Gasteiger partial charge >= 0.3 is 0 Å². The van der Waals surface area contributed by atoms with E-state index < -0.39 is 0 Å². The summed E-state index contributed by atoms with van der Waals surface area (Å²) >= 11 is 2.25. The fourth-order valence-electron chi connectivity index (χ4n) is 2.23. The van der Waals surface area contributed by atoms with Crippen LogP contribution in [0.15, 0.2) is 24.3 Å². The molecule has 0 radical (unpaired) electrons. The molecule has 1 aromatic rings. The van der Waals surface area contributed by atoms with Crippen LogP contribution in [-0.4, -0.2) is 43.5 Å². The molecular weight excluding hydrogens is 341 g/mol. The third-order valence-corrected chi connectivity index (χ3v) is 4.12. The molecule has 3 nitrogen and oxygen atoms in total. The van der Waals surface area contributed by atoms with Crippen molar-refractivity contribution in [3.8, 4) is 0 Å². The van der Waals surface area contributed by atoms with Crippen LogP contribution in [0.4, 0.5) is 0 Å². The molecule has 1 heterocycles. The van der Waals surface area contributed by atoms with Gasteiger partial charge in [-0.15, -0.1) is 0 Å². The van der Waals surface area contributed by atoms with Gasteiger partial charge in [0, 0.05) is 29.3 Å². The fraction of sp³-hybridized carbons (Fsp3) is 0.500. The molecule has 0 aromatic heterocycles. The van der Waals surface area contributed by atoms with E-state index in [9.17, 15) is 4.79 Å². The number of Topliss-reactive ketones (excluding diaryl/α,β-unsaturated/α-hetero) is 1. The smallest absolute Gasteiger partial charge is 0.176 e. The first-order valence-electron chi connectivity index (χ1n) is 6.23. The van der Waals surface area contributed by atoms with E-state index in [1.54, 1.807) is 7.11 Å². The van der Waals surface area contributed by atoms with E-state index in [2.05, 4.69) is 27.5 Å². The van der Waals surface area contributed by atoms with Crippen LogP contribution in [0, 0.1) is 3.57 Å². The first-order chi connectivity index (χ1) is 8.69. The molecule has 0 aliphatic carbocycles. The fourth-order valence-corrected chi connectivity index (χ4v) is 2.59. The van der Waals surface area contributed by atoms with Crippen LogP contribution in [0.5, 0.6) is 0 Å². The number of halogens is 1. The number of benzene rings is 1. The Labute approximate surface area is 122 Å². The minimum atomic E-state index is 0.210. The molecule has 0 atom stereocenters. The molecule has 0 N–H and O–H groups in total. The number of rotatable bonds is 4. The Morgan fingerprint density at radius 1 is 1.33 bits per heavy atom. The summed E-state index contributed by atoms with van der Waals surface area (Å²) in [6, 6.07) is 7.77. The second kappa shape index (κ2) is 6.63. The molecule has 1 aromatic carbocycles. The van der Waals surface area contributed by atoms with Crippen LogP contribution in [0.2, 0.25) is 0 Å². The molecule has 1 saturated heterocycles. The summed E-state index contributed by atoms with van der Waals surface area (Å²) in [6.45, 7) is 2.43. The number of ether oxygens (including phenoxy) is 1. The van der Waals surface area contributed by atoms with E-state index in [0.29, 0.717) is 12.6 Å². The number of nitrogens with zero attached hydrogens (tertiary/aromatic N) is 1. The maximum absolute atomic E-state index is 12.1. The average molecular weight is 359 g/mol. The summed E-state index contributed by atoms with van der Waals surface area (Å²) in [5.74, 6) is 0.210. The molecule has 1 aliphatic rings. The second-order valence-corrected chi connectivity index (χ2v) is 5.89. The van der Waals surface area contributed by atoms with E-state index in [0.717, 1.165) is 35.1 Å².